The van der Waals surface area contributed by atoms with E-state index in [-0.39, 0.29) is 46.9 Å². The fraction of sp³-hybridized carbons (Fsp3) is 0.571. The summed E-state index contributed by atoms with van der Waals surface area (Å²) in [5.41, 5.74) is 1.99. The Bertz CT molecular complexity index is 559. The van der Waals surface area contributed by atoms with Crippen molar-refractivity contribution in [2.75, 3.05) is 13.2 Å². The van der Waals surface area contributed by atoms with Crippen LogP contribution >= 0.6 is 0 Å². The van der Waals surface area contributed by atoms with E-state index in [9.17, 15) is 0 Å². The van der Waals surface area contributed by atoms with Crippen molar-refractivity contribution in [2.45, 2.75) is 78.1 Å². The van der Waals surface area contributed by atoms with Crippen molar-refractivity contribution >= 4 is 11.4 Å². The topological polar surface area (TPSA) is 23.3 Å². The second-order valence-corrected chi connectivity index (χ2v) is 8.88. The largest absolute Gasteiger partial charge is 3.00 e. The van der Waals surface area contributed by atoms with Crippen LogP contribution in [0.5, 0.6) is 0 Å². The van der Waals surface area contributed by atoms with Gasteiger partial charge in [-0.15, -0.1) is 11.4 Å². The molecule has 0 N–H and O–H groups in total. The van der Waals surface area contributed by atoms with Gasteiger partial charge in [-0.2, -0.15) is 0 Å². The van der Waals surface area contributed by atoms with Crippen LogP contribution in [0.2, 0.25) is 0 Å². The van der Waals surface area contributed by atoms with Gasteiger partial charge in [-0.3, -0.25) is 0 Å². The van der Waals surface area contributed by atoms with Gasteiger partial charge in [0.05, 0.1) is 0 Å². The zero-order chi connectivity index (χ0) is 21.3. The molecule has 1 saturated heterocycles. The minimum absolute atomic E-state index is 0. The molecular weight excluding hydrogens is 539 g/mol. The molecule has 177 valence electrons. The molecule has 2 nitrogen and oxygen atoms in total. The van der Waals surface area contributed by atoms with E-state index in [0.29, 0.717) is 0 Å². The van der Waals surface area contributed by atoms with E-state index in [1.807, 2.05) is 60.7 Å². The SMILES string of the molecule is C1CCOC1.CC1CCCC1.CC1CCCC1.[Yb+3].c1ccc([N-]c2ccccc2)cc1. The third-order valence-electron chi connectivity index (χ3n) is 5.89. The normalized spacial score (nSPS) is 17.7. The van der Waals surface area contributed by atoms with Gasteiger partial charge in [-0.05, 0) is 24.7 Å². The summed E-state index contributed by atoms with van der Waals surface area (Å²) in [4.78, 5) is 0. The molecule has 3 aliphatic rings. The molecule has 2 aromatic rings. The molecule has 31 heavy (non-hydrogen) atoms. The van der Waals surface area contributed by atoms with Gasteiger partial charge in [0, 0.05) is 13.2 Å². The van der Waals surface area contributed by atoms with E-state index >= 15 is 0 Å². The van der Waals surface area contributed by atoms with Gasteiger partial charge in [-0.25, -0.2) is 0 Å². The van der Waals surface area contributed by atoms with Crippen LogP contribution in [0.3, 0.4) is 0 Å². The van der Waals surface area contributed by atoms with Gasteiger partial charge in [0.2, 0.25) is 0 Å². The Morgan fingerprint density at radius 3 is 1.16 bits per heavy atom. The first-order valence-corrected chi connectivity index (χ1v) is 12.1. The Morgan fingerprint density at radius 2 is 0.935 bits per heavy atom. The average molecular weight is 582 g/mol. The molecule has 0 aromatic heterocycles. The van der Waals surface area contributed by atoms with Gasteiger partial charge >= 0.3 is 46.9 Å². The Labute approximate surface area is 230 Å². The molecule has 5 rings (SSSR count). The Morgan fingerprint density at radius 1 is 0.581 bits per heavy atom. The molecule has 0 spiro atoms. The first kappa shape index (κ1) is 28.8. The maximum absolute atomic E-state index is 4.94. The molecule has 1 heterocycles. The van der Waals surface area contributed by atoms with Crippen molar-refractivity contribution in [3.05, 3.63) is 66.0 Å². The molecular formula is C28H42NOYb+2. The van der Waals surface area contributed by atoms with Crippen molar-refractivity contribution in [1.29, 1.82) is 0 Å². The molecule has 0 amide bonds. The maximum Gasteiger partial charge on any atom is 3.00 e. The van der Waals surface area contributed by atoms with Gasteiger partial charge in [0.25, 0.3) is 0 Å². The van der Waals surface area contributed by atoms with Crippen molar-refractivity contribution in [3.63, 3.8) is 0 Å². The van der Waals surface area contributed by atoms with Crippen molar-refractivity contribution < 1.29 is 51.7 Å². The Hall–Kier alpha value is -0.281. The van der Waals surface area contributed by atoms with Crippen LogP contribution in [0.15, 0.2) is 60.7 Å². The van der Waals surface area contributed by atoms with Crippen LogP contribution in [-0.4, -0.2) is 13.2 Å². The summed E-state index contributed by atoms with van der Waals surface area (Å²) in [7, 11) is 0. The standard InChI is InChI=1S/C12H10N.2C6H12.C4H8O.Yb/c1-3-7-11(8-4-1)13-12-9-5-2-6-10-12;2*1-6-4-2-3-5-6;1-2-4-5-3-1;/h1-10H;2*6H,2-5H2,1H3;1-4H2;/q-1;;;;+3. The van der Waals surface area contributed by atoms with Crippen LogP contribution in [0.25, 0.3) is 5.32 Å². The molecule has 0 bridgehead atoms. The van der Waals surface area contributed by atoms with Crippen LogP contribution in [0.4, 0.5) is 11.4 Å². The van der Waals surface area contributed by atoms with Gasteiger partial charge in [0.1, 0.15) is 0 Å². The monoisotopic (exact) mass is 582 g/mol. The van der Waals surface area contributed by atoms with Crippen LogP contribution in [0, 0.1) is 58.8 Å². The number of nitrogens with zero attached hydrogens (tertiary/aromatic N) is 1. The van der Waals surface area contributed by atoms with Crippen LogP contribution in [0.1, 0.15) is 78.1 Å². The van der Waals surface area contributed by atoms with Crippen LogP contribution in [-0.2, 0) is 4.74 Å². The molecule has 3 heteroatoms. The summed E-state index contributed by atoms with van der Waals surface area (Å²) in [5, 5.41) is 4.44. The number of hydrogen-bond donors (Lipinski definition) is 0. The summed E-state index contributed by atoms with van der Waals surface area (Å²) >= 11 is 0. The summed E-state index contributed by atoms with van der Waals surface area (Å²) < 4.78 is 4.94. The fourth-order valence-corrected chi connectivity index (χ4v) is 3.92. The molecule has 2 aliphatic carbocycles. The quantitative estimate of drug-likeness (QED) is 0.347. The molecule has 1 aliphatic heterocycles. The van der Waals surface area contributed by atoms with Gasteiger partial charge < -0.3 is 10.1 Å². The van der Waals surface area contributed by atoms with E-state index < -0.39 is 0 Å². The minimum atomic E-state index is 0. The first-order chi connectivity index (χ1) is 14.7. The summed E-state index contributed by atoms with van der Waals surface area (Å²) in [6.45, 7) is 6.68. The average Bonchev–Trinajstić information content (AvgIpc) is 3.56. The summed E-state index contributed by atoms with van der Waals surface area (Å²) in [6, 6.07) is 19.9. The maximum atomic E-state index is 4.94. The van der Waals surface area contributed by atoms with E-state index in [2.05, 4.69) is 19.2 Å². The molecule has 2 aromatic carbocycles. The van der Waals surface area contributed by atoms with Crippen molar-refractivity contribution in [3.8, 4) is 0 Å². The zero-order valence-corrected chi connectivity index (χ0v) is 21.3. The predicted molar refractivity (Wildman–Crippen MR) is 131 cm³/mol. The van der Waals surface area contributed by atoms with E-state index in [0.717, 1.165) is 36.4 Å². The Kier molecular flexibility index (Phi) is 17.8. The molecule has 1 radical (unpaired) electrons. The minimum Gasteiger partial charge on any atom is -0.658 e. The van der Waals surface area contributed by atoms with E-state index in [4.69, 9.17) is 4.74 Å². The van der Waals surface area contributed by atoms with E-state index in [1.165, 1.54) is 64.2 Å². The number of benzene rings is 2. The molecule has 0 atom stereocenters. The smallest absolute Gasteiger partial charge is 0.658 e. The number of rotatable bonds is 2. The second kappa shape index (κ2) is 19.2. The van der Waals surface area contributed by atoms with Gasteiger partial charge in [-0.1, -0.05) is 126 Å². The van der Waals surface area contributed by atoms with Crippen molar-refractivity contribution in [2.24, 2.45) is 11.8 Å². The molecule has 0 unspecified atom stereocenters. The van der Waals surface area contributed by atoms with Crippen LogP contribution < -0.4 is 0 Å². The molecule has 2 saturated carbocycles. The number of para-hydroxylation sites is 2. The predicted octanol–water partition coefficient (Wildman–Crippen LogP) is 9.21. The number of hydrogen-bond acceptors (Lipinski definition) is 1. The van der Waals surface area contributed by atoms with E-state index in [1.54, 1.807) is 0 Å². The summed E-state index contributed by atoms with van der Waals surface area (Å²) in [5.74, 6) is 2.09. The fourth-order valence-electron chi connectivity index (χ4n) is 3.92. The zero-order valence-electron chi connectivity index (χ0n) is 19.5. The Balaban J connectivity index is 0.000000225. The van der Waals surface area contributed by atoms with Gasteiger partial charge in [0.15, 0.2) is 0 Å². The summed E-state index contributed by atoms with van der Waals surface area (Å²) in [6.07, 6.45) is 14.4. The second-order valence-electron chi connectivity index (χ2n) is 8.88. The third kappa shape index (κ3) is 15.2. The molecule has 3 fully saturated rings. The number of ether oxygens (including phenoxy) is 1. The van der Waals surface area contributed by atoms with Crippen molar-refractivity contribution in [1.82, 2.24) is 0 Å². The third-order valence-corrected chi connectivity index (χ3v) is 5.89. The first-order valence-electron chi connectivity index (χ1n) is 12.1.